The van der Waals surface area contributed by atoms with E-state index in [0.717, 1.165) is 24.0 Å². The predicted octanol–water partition coefficient (Wildman–Crippen LogP) is 5.86. The topological polar surface area (TPSA) is 89.9 Å². The maximum Gasteiger partial charge on any atom is 0.200 e. The van der Waals surface area contributed by atoms with Crippen LogP contribution in [0.4, 0.5) is 0 Å². The van der Waals surface area contributed by atoms with E-state index in [1.807, 2.05) is 52.0 Å². The lowest BCUT2D eigenvalue weighted by atomic mass is 9.99. The van der Waals surface area contributed by atoms with Crippen molar-refractivity contribution in [2.45, 2.75) is 63.4 Å². The molecule has 0 aliphatic carbocycles. The zero-order chi connectivity index (χ0) is 27.5. The molecule has 3 aromatic carbocycles. The van der Waals surface area contributed by atoms with E-state index in [-0.39, 0.29) is 29.6 Å². The first-order chi connectivity index (χ1) is 18.0. The summed E-state index contributed by atoms with van der Waals surface area (Å²) in [6, 6.07) is 15.6. The summed E-state index contributed by atoms with van der Waals surface area (Å²) < 4.78 is 38.5. The molecule has 0 radical (unpaired) electrons. The minimum Gasteiger partial charge on any atom is -0.484 e. The molecule has 6 nitrogen and oxygen atoms in total. The second-order valence-electron chi connectivity index (χ2n) is 10.2. The van der Waals surface area contributed by atoms with Gasteiger partial charge in [0.1, 0.15) is 17.1 Å². The number of Topliss-reactive ketones (excluding diaryl/α,β-unsaturated/α-hetero) is 1. The van der Waals surface area contributed by atoms with Crippen molar-refractivity contribution in [1.29, 1.82) is 0 Å². The molecule has 0 unspecified atom stereocenters. The number of hydrogen-bond acceptors (Lipinski definition) is 6. The van der Waals surface area contributed by atoms with E-state index in [1.165, 1.54) is 0 Å². The first-order valence-corrected chi connectivity index (χ1v) is 14.4. The summed E-state index contributed by atoms with van der Waals surface area (Å²) in [4.78, 5) is 13.6. The van der Waals surface area contributed by atoms with Crippen molar-refractivity contribution in [3.8, 4) is 11.5 Å². The van der Waals surface area contributed by atoms with Crippen LogP contribution in [0.25, 0.3) is 6.08 Å². The van der Waals surface area contributed by atoms with Crippen LogP contribution in [0.3, 0.4) is 0 Å². The number of fused-ring (bicyclic) bond motifs is 1. The van der Waals surface area contributed by atoms with Gasteiger partial charge in [-0.05, 0) is 74.7 Å². The number of rotatable bonds is 10. The van der Waals surface area contributed by atoms with E-state index in [9.17, 15) is 18.3 Å². The van der Waals surface area contributed by atoms with Crippen molar-refractivity contribution in [2.24, 2.45) is 0 Å². The highest BCUT2D eigenvalue weighted by Crippen LogP contribution is 2.39. The number of aliphatic hydroxyl groups excluding tert-OH is 1. The molecule has 0 fully saturated rings. The van der Waals surface area contributed by atoms with Crippen molar-refractivity contribution in [3.63, 3.8) is 0 Å². The summed E-state index contributed by atoms with van der Waals surface area (Å²) in [6.45, 7) is 7.24. The number of aliphatic hydroxyl groups is 1. The van der Waals surface area contributed by atoms with Crippen LogP contribution in [0.5, 0.6) is 11.5 Å². The molecule has 7 heteroatoms. The second kappa shape index (κ2) is 11.1. The van der Waals surface area contributed by atoms with Crippen LogP contribution in [-0.4, -0.2) is 31.5 Å². The van der Waals surface area contributed by atoms with Crippen LogP contribution in [0.1, 0.15) is 65.4 Å². The van der Waals surface area contributed by atoms with Crippen molar-refractivity contribution in [1.82, 2.24) is 0 Å². The molecule has 0 spiro atoms. The number of ether oxygens (including phenoxy) is 2. The first-order valence-electron chi connectivity index (χ1n) is 12.7. The summed E-state index contributed by atoms with van der Waals surface area (Å²) in [5.41, 5.74) is 3.41. The molecule has 200 valence electrons. The summed E-state index contributed by atoms with van der Waals surface area (Å²) in [6.07, 6.45) is 5.44. The van der Waals surface area contributed by atoms with Crippen molar-refractivity contribution in [3.05, 3.63) is 94.1 Å². The number of ketones is 1. The number of benzene rings is 3. The van der Waals surface area contributed by atoms with Gasteiger partial charge in [0.05, 0.1) is 22.8 Å². The lowest BCUT2D eigenvalue weighted by Crippen LogP contribution is -2.28. The molecular weight excluding hydrogens is 500 g/mol. The maximum absolute atomic E-state index is 13.4. The molecule has 0 saturated carbocycles. The first kappa shape index (κ1) is 27.6. The third-order valence-corrected chi connectivity index (χ3v) is 8.20. The quantitative estimate of drug-likeness (QED) is 0.328. The monoisotopic (exact) mass is 534 g/mol. The van der Waals surface area contributed by atoms with Gasteiger partial charge in [0, 0.05) is 11.1 Å². The zero-order valence-electron chi connectivity index (χ0n) is 22.3. The summed E-state index contributed by atoms with van der Waals surface area (Å²) >= 11 is 0. The minimum absolute atomic E-state index is 0.219. The molecule has 1 aliphatic heterocycles. The lowest BCUT2D eigenvalue weighted by molar-refractivity contribution is 0.0917. The summed E-state index contributed by atoms with van der Waals surface area (Å²) in [5, 5.41) is 9.89. The number of aryl methyl sites for hydroxylation is 2. The highest BCUT2D eigenvalue weighted by molar-refractivity contribution is 7.90. The highest BCUT2D eigenvalue weighted by atomic mass is 32.2. The Morgan fingerprint density at radius 2 is 1.76 bits per heavy atom. The fourth-order valence-electron chi connectivity index (χ4n) is 4.50. The van der Waals surface area contributed by atoms with E-state index in [4.69, 9.17) is 9.47 Å². The lowest BCUT2D eigenvalue weighted by Gasteiger charge is -2.29. The Morgan fingerprint density at radius 1 is 1.03 bits per heavy atom. The van der Waals surface area contributed by atoms with Crippen molar-refractivity contribution < 1.29 is 27.8 Å². The molecule has 0 bridgehead atoms. The maximum atomic E-state index is 13.4. The molecule has 0 amide bonds. The van der Waals surface area contributed by atoms with E-state index >= 15 is 0 Å². The molecule has 3 aromatic rings. The van der Waals surface area contributed by atoms with Crippen LogP contribution < -0.4 is 9.47 Å². The van der Waals surface area contributed by atoms with Gasteiger partial charge in [-0.2, -0.15) is 0 Å². The average Bonchev–Trinajstić information content (AvgIpc) is 2.86. The standard InChI is InChI=1S/C31H34O6S/c1-5-6-22-9-13-26(24(17-22)20-38(34,35)25-11-7-21(2)8-12-25)28(33)19-36-30-23(18-32)10-14-29-27(30)15-16-31(3,4)37-29/h7-17,32H,5-6,18-20H2,1-4H3. The van der Waals surface area contributed by atoms with Gasteiger partial charge in [-0.3, -0.25) is 4.79 Å². The van der Waals surface area contributed by atoms with Gasteiger partial charge in [0.2, 0.25) is 5.78 Å². The zero-order valence-corrected chi connectivity index (χ0v) is 23.1. The van der Waals surface area contributed by atoms with Gasteiger partial charge in [-0.15, -0.1) is 0 Å². The minimum atomic E-state index is -3.67. The Morgan fingerprint density at radius 3 is 2.45 bits per heavy atom. The normalized spacial score (nSPS) is 14.0. The number of hydrogen-bond donors (Lipinski definition) is 1. The fraction of sp³-hybridized carbons (Fsp3) is 0.323. The Labute approximate surface area is 224 Å². The van der Waals surface area contributed by atoms with Crippen molar-refractivity contribution in [2.75, 3.05) is 6.61 Å². The third kappa shape index (κ3) is 6.17. The Kier molecular flexibility index (Phi) is 8.09. The SMILES string of the molecule is CCCc1ccc(C(=O)COc2c(CO)ccc3c2C=CC(C)(C)O3)c(CS(=O)(=O)c2ccc(C)cc2)c1. The van der Waals surface area contributed by atoms with Gasteiger partial charge >= 0.3 is 0 Å². The Hall–Kier alpha value is -3.42. The molecule has 0 atom stereocenters. The van der Waals surface area contributed by atoms with Crippen LogP contribution >= 0.6 is 0 Å². The van der Waals surface area contributed by atoms with Crippen LogP contribution in [0.2, 0.25) is 0 Å². The molecule has 0 saturated heterocycles. The van der Waals surface area contributed by atoms with Gasteiger partial charge in [-0.1, -0.05) is 49.2 Å². The van der Waals surface area contributed by atoms with Gasteiger partial charge < -0.3 is 14.6 Å². The van der Waals surface area contributed by atoms with E-state index in [1.54, 1.807) is 42.5 Å². The molecular formula is C31H34O6S. The Bertz CT molecular complexity index is 1470. The van der Waals surface area contributed by atoms with Crippen LogP contribution in [0, 0.1) is 6.92 Å². The summed E-state index contributed by atoms with van der Waals surface area (Å²) in [5.74, 6) is 0.348. The smallest absolute Gasteiger partial charge is 0.200 e. The molecule has 38 heavy (non-hydrogen) atoms. The molecule has 4 rings (SSSR count). The molecule has 1 N–H and O–H groups in total. The van der Waals surface area contributed by atoms with Crippen LogP contribution in [0.15, 0.2) is 65.6 Å². The molecule has 1 heterocycles. The van der Waals surface area contributed by atoms with Gasteiger partial charge in [0.15, 0.2) is 16.4 Å². The number of carbonyl (C=O) groups excluding carboxylic acids is 1. The highest BCUT2D eigenvalue weighted by Gasteiger charge is 2.26. The van der Waals surface area contributed by atoms with E-state index in [2.05, 4.69) is 0 Å². The van der Waals surface area contributed by atoms with Gasteiger partial charge in [-0.25, -0.2) is 8.42 Å². The third-order valence-electron chi connectivity index (χ3n) is 6.51. The van der Waals surface area contributed by atoms with Crippen LogP contribution in [-0.2, 0) is 28.6 Å². The van der Waals surface area contributed by atoms with Gasteiger partial charge in [0.25, 0.3) is 0 Å². The van der Waals surface area contributed by atoms with E-state index in [0.29, 0.717) is 33.8 Å². The fourth-order valence-corrected chi connectivity index (χ4v) is 5.87. The number of sulfone groups is 1. The molecule has 1 aliphatic rings. The molecule has 0 aromatic heterocycles. The van der Waals surface area contributed by atoms with Crippen molar-refractivity contribution >= 4 is 21.7 Å². The summed E-state index contributed by atoms with van der Waals surface area (Å²) in [7, 11) is -3.67. The van der Waals surface area contributed by atoms with E-state index < -0.39 is 15.4 Å². The largest absolute Gasteiger partial charge is 0.484 e. The predicted molar refractivity (Wildman–Crippen MR) is 148 cm³/mol. The number of carbonyl (C=O) groups is 1. The Balaban J connectivity index is 1.63. The average molecular weight is 535 g/mol. The second-order valence-corrected chi connectivity index (χ2v) is 12.2.